The van der Waals surface area contributed by atoms with Gasteiger partial charge in [-0.05, 0) is 19.4 Å². The van der Waals surface area contributed by atoms with Crippen molar-refractivity contribution in [1.29, 1.82) is 0 Å². The zero-order chi connectivity index (χ0) is 14.7. The minimum atomic E-state index is -3.74. The van der Waals surface area contributed by atoms with Crippen molar-refractivity contribution in [3.8, 4) is 0 Å². The summed E-state index contributed by atoms with van der Waals surface area (Å²) in [7, 11) is -3.74. The van der Waals surface area contributed by atoms with Crippen LogP contribution in [0, 0.1) is 0 Å². The number of rotatable bonds is 6. The molecule has 0 aliphatic carbocycles. The summed E-state index contributed by atoms with van der Waals surface area (Å²) in [6, 6.07) is 7.27. The van der Waals surface area contributed by atoms with Gasteiger partial charge in [-0.2, -0.15) is 17.4 Å². The number of thiol groups is 1. The Morgan fingerprint density at radius 3 is 2.32 bits per heavy atom. The van der Waals surface area contributed by atoms with Gasteiger partial charge in [-0.15, -0.1) is 0 Å². The van der Waals surface area contributed by atoms with Gasteiger partial charge in [0.05, 0.1) is 5.75 Å². The Hall–Kier alpha value is -1.05. The predicted molar refractivity (Wildman–Crippen MR) is 76.7 cm³/mol. The van der Waals surface area contributed by atoms with Crippen LogP contribution in [0.15, 0.2) is 30.3 Å². The Morgan fingerprint density at radius 2 is 1.89 bits per heavy atom. The van der Waals surface area contributed by atoms with Crippen LogP contribution in [0.1, 0.15) is 19.4 Å². The summed E-state index contributed by atoms with van der Waals surface area (Å²) >= 11 is 4.12. The van der Waals surface area contributed by atoms with Gasteiger partial charge in [0.1, 0.15) is 6.04 Å². The molecule has 0 heterocycles. The SMILES string of the molecule is CC(C)(S)C(NS(=O)(=O)Cc1ccccc1)C(=O)O. The van der Waals surface area contributed by atoms with Gasteiger partial charge in [-0.25, -0.2) is 8.42 Å². The van der Waals surface area contributed by atoms with E-state index in [0.29, 0.717) is 5.56 Å². The third kappa shape index (κ3) is 5.22. The number of carboxylic acids is 1. The van der Waals surface area contributed by atoms with E-state index in [1.165, 1.54) is 0 Å². The van der Waals surface area contributed by atoms with Crippen molar-refractivity contribution < 1.29 is 18.3 Å². The third-order valence-corrected chi connectivity index (χ3v) is 4.02. The fraction of sp³-hybridized carbons (Fsp3) is 0.417. The molecule has 106 valence electrons. The first-order valence-electron chi connectivity index (χ1n) is 5.61. The minimum absolute atomic E-state index is 0.262. The van der Waals surface area contributed by atoms with Crippen molar-refractivity contribution in [2.45, 2.75) is 30.4 Å². The lowest BCUT2D eigenvalue weighted by atomic mass is 10.1. The number of carboxylic acid groups (broad SMARTS) is 1. The van der Waals surface area contributed by atoms with E-state index in [1.54, 1.807) is 44.2 Å². The molecule has 2 N–H and O–H groups in total. The molecule has 1 rings (SSSR count). The van der Waals surface area contributed by atoms with Gasteiger partial charge < -0.3 is 5.11 Å². The summed E-state index contributed by atoms with van der Waals surface area (Å²) in [5.74, 6) is -1.52. The zero-order valence-electron chi connectivity index (χ0n) is 10.7. The van der Waals surface area contributed by atoms with Crippen LogP contribution in [0.2, 0.25) is 0 Å². The predicted octanol–water partition coefficient (Wildman–Crippen LogP) is 1.27. The molecule has 0 bridgehead atoms. The largest absolute Gasteiger partial charge is 0.480 e. The number of hydrogen-bond acceptors (Lipinski definition) is 4. The molecular weight excluding hydrogens is 286 g/mol. The highest BCUT2D eigenvalue weighted by molar-refractivity contribution is 7.88. The van der Waals surface area contributed by atoms with Crippen molar-refractivity contribution in [3.05, 3.63) is 35.9 Å². The summed E-state index contributed by atoms with van der Waals surface area (Å²) in [4.78, 5) is 11.1. The molecule has 0 fully saturated rings. The number of hydrogen-bond donors (Lipinski definition) is 3. The van der Waals surface area contributed by atoms with Gasteiger partial charge in [-0.3, -0.25) is 4.79 Å². The molecule has 7 heteroatoms. The van der Waals surface area contributed by atoms with Crippen molar-refractivity contribution in [2.75, 3.05) is 0 Å². The number of nitrogens with one attached hydrogen (secondary N) is 1. The van der Waals surface area contributed by atoms with Crippen LogP contribution >= 0.6 is 12.6 Å². The van der Waals surface area contributed by atoms with Crippen molar-refractivity contribution in [1.82, 2.24) is 4.72 Å². The van der Waals surface area contributed by atoms with Crippen LogP contribution < -0.4 is 4.72 Å². The molecule has 0 amide bonds. The Kier molecular flexibility index (Phi) is 5.00. The van der Waals surface area contributed by atoms with E-state index >= 15 is 0 Å². The average Bonchev–Trinajstić information content (AvgIpc) is 2.25. The molecule has 0 saturated carbocycles. The molecule has 0 aromatic heterocycles. The van der Waals surface area contributed by atoms with Gasteiger partial charge in [-0.1, -0.05) is 30.3 Å². The lowest BCUT2D eigenvalue weighted by molar-refractivity contribution is -0.139. The smallest absolute Gasteiger partial charge is 0.323 e. The van der Waals surface area contributed by atoms with E-state index < -0.39 is 26.8 Å². The van der Waals surface area contributed by atoms with E-state index in [9.17, 15) is 13.2 Å². The highest BCUT2D eigenvalue weighted by atomic mass is 32.2. The molecule has 0 radical (unpaired) electrons. The number of carbonyl (C=O) groups is 1. The maximum Gasteiger partial charge on any atom is 0.323 e. The monoisotopic (exact) mass is 303 g/mol. The maximum absolute atomic E-state index is 12.0. The molecule has 0 saturated heterocycles. The summed E-state index contributed by atoms with van der Waals surface area (Å²) in [6.07, 6.45) is 0. The number of aliphatic carboxylic acids is 1. The third-order valence-electron chi connectivity index (χ3n) is 2.45. The molecule has 1 atom stereocenters. The first kappa shape index (κ1) is 16.0. The topological polar surface area (TPSA) is 83.5 Å². The molecule has 0 aliphatic heterocycles. The molecule has 5 nitrogen and oxygen atoms in total. The van der Waals surface area contributed by atoms with Gasteiger partial charge >= 0.3 is 5.97 Å². The normalized spacial score (nSPS) is 14.1. The first-order valence-corrected chi connectivity index (χ1v) is 7.71. The van der Waals surface area contributed by atoms with Gasteiger partial charge in [0, 0.05) is 4.75 Å². The number of sulfonamides is 1. The van der Waals surface area contributed by atoms with E-state index in [-0.39, 0.29) is 5.75 Å². The second-order valence-electron chi connectivity index (χ2n) is 4.79. The number of benzene rings is 1. The Bertz CT molecular complexity index is 535. The lowest BCUT2D eigenvalue weighted by Gasteiger charge is -2.26. The van der Waals surface area contributed by atoms with Gasteiger partial charge in [0.2, 0.25) is 10.0 Å². The second-order valence-corrected chi connectivity index (χ2v) is 7.69. The van der Waals surface area contributed by atoms with Gasteiger partial charge in [0.15, 0.2) is 0 Å². The highest BCUT2D eigenvalue weighted by Crippen LogP contribution is 2.19. The first-order chi connectivity index (χ1) is 8.62. The standard InChI is InChI=1S/C12H17NO4S2/c1-12(2,18)10(11(14)15)13-19(16,17)8-9-6-4-3-5-7-9/h3-7,10,13,18H,8H2,1-2H3,(H,14,15). The summed E-state index contributed by atoms with van der Waals surface area (Å²) < 4.78 is 25.1. The summed E-state index contributed by atoms with van der Waals surface area (Å²) in [5, 5.41) is 9.06. The molecule has 1 unspecified atom stereocenters. The van der Waals surface area contributed by atoms with Crippen LogP contribution in [0.5, 0.6) is 0 Å². The van der Waals surface area contributed by atoms with E-state index in [0.717, 1.165) is 0 Å². The molecule has 0 spiro atoms. The quantitative estimate of drug-likeness (QED) is 0.691. The zero-order valence-corrected chi connectivity index (χ0v) is 12.4. The van der Waals surface area contributed by atoms with Crippen molar-refractivity contribution >= 4 is 28.6 Å². The molecule has 19 heavy (non-hydrogen) atoms. The second kappa shape index (κ2) is 5.94. The van der Waals surface area contributed by atoms with Crippen LogP contribution in [-0.4, -0.2) is 30.3 Å². The highest BCUT2D eigenvalue weighted by Gasteiger charge is 2.35. The molecule has 0 aliphatic rings. The molecule has 1 aromatic rings. The van der Waals surface area contributed by atoms with Crippen LogP contribution in [0.3, 0.4) is 0 Å². The minimum Gasteiger partial charge on any atom is -0.480 e. The van der Waals surface area contributed by atoms with Crippen molar-refractivity contribution in [3.63, 3.8) is 0 Å². The molecule has 1 aromatic carbocycles. The summed E-state index contributed by atoms with van der Waals surface area (Å²) in [5.41, 5.74) is 0.594. The van der Waals surface area contributed by atoms with E-state index in [2.05, 4.69) is 17.4 Å². The van der Waals surface area contributed by atoms with E-state index in [4.69, 9.17) is 5.11 Å². The Morgan fingerprint density at radius 1 is 1.37 bits per heavy atom. The van der Waals surface area contributed by atoms with Crippen LogP contribution in [0.25, 0.3) is 0 Å². The fourth-order valence-electron chi connectivity index (χ4n) is 1.51. The summed E-state index contributed by atoms with van der Waals surface area (Å²) in [6.45, 7) is 3.08. The lowest BCUT2D eigenvalue weighted by Crippen LogP contribution is -2.51. The molecular formula is C12H17NO4S2. The Balaban J connectivity index is 2.87. The van der Waals surface area contributed by atoms with Gasteiger partial charge in [0.25, 0.3) is 0 Å². The van der Waals surface area contributed by atoms with Crippen LogP contribution in [-0.2, 0) is 20.6 Å². The van der Waals surface area contributed by atoms with Crippen molar-refractivity contribution in [2.24, 2.45) is 0 Å². The van der Waals surface area contributed by atoms with E-state index in [1.807, 2.05) is 0 Å². The average molecular weight is 303 g/mol. The van der Waals surface area contributed by atoms with Crippen LogP contribution in [0.4, 0.5) is 0 Å². The Labute approximate surface area is 118 Å². The maximum atomic E-state index is 12.0. The fourth-order valence-corrected chi connectivity index (χ4v) is 3.24.